The average Bonchev–Trinajstić information content (AvgIpc) is 2.56. The minimum absolute atomic E-state index is 0.0721. The molecule has 0 saturated heterocycles. The van der Waals surface area contributed by atoms with Gasteiger partial charge in [-0.2, -0.15) is 0 Å². The number of rotatable bonds is 6. The summed E-state index contributed by atoms with van der Waals surface area (Å²) < 4.78 is 12.3. The lowest BCUT2D eigenvalue weighted by Gasteiger charge is -2.12. The van der Waals surface area contributed by atoms with E-state index in [4.69, 9.17) is 9.47 Å². The second-order valence-electron chi connectivity index (χ2n) is 4.88. The fourth-order valence-corrected chi connectivity index (χ4v) is 2.64. The molecule has 0 saturated carbocycles. The summed E-state index contributed by atoms with van der Waals surface area (Å²) in [5.74, 6) is 0.411. The standard InChI is InChI=1S/C17H15Br2NO4/c1-10(21)11-3-6-15(16(7-11)23-2)24-9-17(22)20-14-8-12(18)4-5-13(14)19/h3-8H,9H2,1-2H3,(H,20,22). The van der Waals surface area contributed by atoms with Gasteiger partial charge in [-0.1, -0.05) is 15.9 Å². The van der Waals surface area contributed by atoms with Crippen molar-refractivity contribution in [2.24, 2.45) is 0 Å². The molecule has 0 spiro atoms. The first-order chi connectivity index (χ1) is 11.4. The van der Waals surface area contributed by atoms with E-state index < -0.39 is 0 Å². The zero-order chi connectivity index (χ0) is 17.7. The Morgan fingerprint density at radius 3 is 2.50 bits per heavy atom. The zero-order valence-corrected chi connectivity index (χ0v) is 16.2. The number of carbonyl (C=O) groups is 2. The van der Waals surface area contributed by atoms with Crippen molar-refractivity contribution >= 4 is 49.2 Å². The molecular weight excluding hydrogens is 442 g/mol. The highest BCUT2D eigenvalue weighted by atomic mass is 79.9. The smallest absolute Gasteiger partial charge is 0.262 e. The number of halogens is 2. The first-order valence-electron chi connectivity index (χ1n) is 6.97. The van der Waals surface area contributed by atoms with Crippen molar-refractivity contribution in [1.29, 1.82) is 0 Å². The van der Waals surface area contributed by atoms with Crippen molar-refractivity contribution in [3.63, 3.8) is 0 Å². The number of Topliss-reactive ketones (excluding diaryl/α,β-unsaturated/α-hetero) is 1. The van der Waals surface area contributed by atoms with E-state index in [9.17, 15) is 9.59 Å². The van der Waals surface area contributed by atoms with Crippen molar-refractivity contribution in [2.45, 2.75) is 6.92 Å². The molecule has 0 atom stereocenters. The first-order valence-corrected chi connectivity index (χ1v) is 8.56. The molecule has 2 aromatic carbocycles. The third-order valence-electron chi connectivity index (χ3n) is 3.13. The van der Waals surface area contributed by atoms with Gasteiger partial charge in [0.2, 0.25) is 0 Å². The maximum Gasteiger partial charge on any atom is 0.262 e. The summed E-state index contributed by atoms with van der Waals surface area (Å²) in [5, 5.41) is 2.75. The molecule has 0 aromatic heterocycles. The van der Waals surface area contributed by atoms with Crippen molar-refractivity contribution in [3.8, 4) is 11.5 Å². The van der Waals surface area contributed by atoms with Crippen LogP contribution in [0.25, 0.3) is 0 Å². The average molecular weight is 457 g/mol. The molecule has 5 nitrogen and oxygen atoms in total. The Kier molecular flexibility index (Phi) is 6.39. The predicted molar refractivity (Wildman–Crippen MR) is 99.0 cm³/mol. The number of ketones is 1. The Bertz CT molecular complexity index is 777. The predicted octanol–water partition coefficient (Wildman–Crippen LogP) is 4.44. The maximum absolute atomic E-state index is 12.1. The molecule has 0 radical (unpaired) electrons. The number of methoxy groups -OCH3 is 1. The largest absolute Gasteiger partial charge is 0.493 e. The van der Waals surface area contributed by atoms with Crippen LogP contribution < -0.4 is 14.8 Å². The number of benzene rings is 2. The normalized spacial score (nSPS) is 10.2. The maximum atomic E-state index is 12.1. The number of ether oxygens (including phenoxy) is 2. The first kappa shape index (κ1) is 18.5. The highest BCUT2D eigenvalue weighted by Crippen LogP contribution is 2.29. The summed E-state index contributed by atoms with van der Waals surface area (Å²) in [5.41, 5.74) is 1.15. The number of carbonyl (C=O) groups excluding carboxylic acids is 2. The van der Waals surface area contributed by atoms with Gasteiger partial charge in [0, 0.05) is 14.5 Å². The fraction of sp³-hybridized carbons (Fsp3) is 0.176. The number of amides is 1. The minimum Gasteiger partial charge on any atom is -0.493 e. The molecule has 0 bridgehead atoms. The summed E-state index contributed by atoms with van der Waals surface area (Å²) in [6.45, 7) is 1.29. The number of hydrogen-bond acceptors (Lipinski definition) is 4. The van der Waals surface area contributed by atoms with Crippen LogP contribution in [0.4, 0.5) is 5.69 Å². The van der Waals surface area contributed by atoms with Gasteiger partial charge in [-0.15, -0.1) is 0 Å². The summed E-state index contributed by atoms with van der Waals surface area (Å²) in [4.78, 5) is 23.4. The molecule has 2 aromatic rings. The van der Waals surface area contributed by atoms with Crippen LogP contribution in [-0.2, 0) is 4.79 Å². The molecule has 2 rings (SSSR count). The lowest BCUT2D eigenvalue weighted by Crippen LogP contribution is -2.20. The van der Waals surface area contributed by atoms with Gasteiger partial charge in [0.15, 0.2) is 23.9 Å². The Balaban J connectivity index is 2.03. The molecule has 1 N–H and O–H groups in total. The van der Waals surface area contributed by atoms with E-state index in [1.807, 2.05) is 12.1 Å². The van der Waals surface area contributed by atoms with Crippen molar-refractivity contribution < 1.29 is 19.1 Å². The lowest BCUT2D eigenvalue weighted by molar-refractivity contribution is -0.118. The van der Waals surface area contributed by atoms with Gasteiger partial charge in [0.05, 0.1) is 12.8 Å². The Hall–Kier alpha value is -1.86. The topological polar surface area (TPSA) is 64.6 Å². The van der Waals surface area contributed by atoms with Crippen LogP contribution in [0.3, 0.4) is 0 Å². The molecule has 126 valence electrons. The summed E-state index contributed by atoms with van der Waals surface area (Å²) >= 11 is 6.72. The minimum atomic E-state index is -0.313. The van der Waals surface area contributed by atoms with E-state index in [0.29, 0.717) is 22.7 Å². The van der Waals surface area contributed by atoms with E-state index in [-0.39, 0.29) is 18.3 Å². The second kappa shape index (κ2) is 8.30. The molecule has 24 heavy (non-hydrogen) atoms. The molecular formula is C17H15Br2NO4. The zero-order valence-electron chi connectivity index (χ0n) is 13.1. The van der Waals surface area contributed by atoms with E-state index in [1.54, 1.807) is 24.3 Å². The van der Waals surface area contributed by atoms with Gasteiger partial charge in [0.1, 0.15) is 0 Å². The van der Waals surface area contributed by atoms with E-state index in [2.05, 4.69) is 37.2 Å². The molecule has 1 amide bonds. The number of nitrogens with one attached hydrogen (secondary N) is 1. The van der Waals surface area contributed by atoms with Crippen molar-refractivity contribution in [1.82, 2.24) is 0 Å². The molecule has 7 heteroatoms. The van der Waals surface area contributed by atoms with E-state index in [0.717, 1.165) is 8.95 Å². The Morgan fingerprint density at radius 1 is 1.08 bits per heavy atom. The van der Waals surface area contributed by atoms with Crippen molar-refractivity contribution in [3.05, 3.63) is 50.9 Å². The molecule has 0 fully saturated rings. The molecule has 0 heterocycles. The van der Waals surface area contributed by atoms with Gasteiger partial charge in [-0.25, -0.2) is 0 Å². The van der Waals surface area contributed by atoms with Crippen LogP contribution in [-0.4, -0.2) is 25.4 Å². The van der Waals surface area contributed by atoms with Crippen LogP contribution in [0.1, 0.15) is 17.3 Å². The van der Waals surface area contributed by atoms with Gasteiger partial charge in [-0.05, 0) is 59.3 Å². The summed E-state index contributed by atoms with van der Waals surface area (Å²) in [7, 11) is 1.48. The van der Waals surface area contributed by atoms with Crippen LogP contribution in [0.15, 0.2) is 45.3 Å². The summed E-state index contributed by atoms with van der Waals surface area (Å²) in [6, 6.07) is 10.3. The molecule has 0 unspecified atom stereocenters. The van der Waals surface area contributed by atoms with Gasteiger partial charge in [-0.3, -0.25) is 9.59 Å². The van der Waals surface area contributed by atoms with Crippen LogP contribution in [0.2, 0.25) is 0 Å². The van der Waals surface area contributed by atoms with Gasteiger partial charge in [0.25, 0.3) is 5.91 Å². The second-order valence-corrected chi connectivity index (χ2v) is 6.65. The molecule has 0 aliphatic rings. The molecule has 0 aliphatic heterocycles. The SMILES string of the molecule is COc1cc(C(C)=O)ccc1OCC(=O)Nc1cc(Br)ccc1Br. The van der Waals surface area contributed by atoms with Crippen LogP contribution in [0, 0.1) is 0 Å². The van der Waals surface area contributed by atoms with Crippen LogP contribution in [0.5, 0.6) is 11.5 Å². The van der Waals surface area contributed by atoms with Gasteiger partial charge < -0.3 is 14.8 Å². The van der Waals surface area contributed by atoms with Crippen molar-refractivity contribution in [2.75, 3.05) is 19.0 Å². The van der Waals surface area contributed by atoms with E-state index >= 15 is 0 Å². The Labute approximate surface area is 156 Å². The quantitative estimate of drug-likeness (QED) is 0.652. The fourth-order valence-electron chi connectivity index (χ4n) is 1.93. The van der Waals surface area contributed by atoms with Crippen LogP contribution >= 0.6 is 31.9 Å². The third kappa shape index (κ3) is 4.82. The molecule has 0 aliphatic carbocycles. The highest BCUT2D eigenvalue weighted by Gasteiger charge is 2.11. The third-order valence-corrected chi connectivity index (χ3v) is 4.32. The van der Waals surface area contributed by atoms with Gasteiger partial charge >= 0.3 is 0 Å². The number of anilines is 1. The lowest BCUT2D eigenvalue weighted by atomic mass is 10.1. The number of hydrogen-bond donors (Lipinski definition) is 1. The highest BCUT2D eigenvalue weighted by molar-refractivity contribution is 9.11. The summed E-state index contributed by atoms with van der Waals surface area (Å²) in [6.07, 6.45) is 0. The monoisotopic (exact) mass is 455 g/mol. The Morgan fingerprint density at radius 2 is 1.83 bits per heavy atom. The van der Waals surface area contributed by atoms with E-state index in [1.165, 1.54) is 14.0 Å².